The van der Waals surface area contributed by atoms with Crippen molar-refractivity contribution in [3.05, 3.63) is 53.2 Å². The first-order valence-corrected chi connectivity index (χ1v) is 6.23. The normalized spacial score (nSPS) is 10.2. The van der Waals surface area contributed by atoms with E-state index in [2.05, 4.69) is 4.98 Å². The minimum absolute atomic E-state index is 0.131. The summed E-state index contributed by atoms with van der Waals surface area (Å²) >= 11 is 5.82. The number of hydrogen-bond acceptors (Lipinski definition) is 3. The molecule has 0 unspecified atom stereocenters. The second-order valence-corrected chi connectivity index (χ2v) is 4.29. The fourth-order valence-corrected chi connectivity index (χ4v) is 2.00. The molecule has 0 bridgehead atoms. The van der Waals surface area contributed by atoms with E-state index < -0.39 is 5.97 Å². The number of pyridine rings is 1. The molecular weight excluding hydrogens is 264 g/mol. The van der Waals surface area contributed by atoms with E-state index in [9.17, 15) is 4.79 Å². The highest BCUT2D eigenvalue weighted by atomic mass is 35.5. The van der Waals surface area contributed by atoms with Gasteiger partial charge in [-0.05, 0) is 31.2 Å². The second kappa shape index (κ2) is 5.71. The van der Waals surface area contributed by atoms with E-state index in [-0.39, 0.29) is 10.7 Å². The Kier molecular flexibility index (Phi) is 4.02. The van der Waals surface area contributed by atoms with E-state index >= 15 is 0 Å². The fraction of sp³-hybridized carbons (Fsp3) is 0.143. The molecular formula is C14H13ClN2O2. The van der Waals surface area contributed by atoms with Crippen molar-refractivity contribution < 1.29 is 9.90 Å². The highest BCUT2D eigenvalue weighted by Gasteiger charge is 2.15. The minimum atomic E-state index is -1.13. The summed E-state index contributed by atoms with van der Waals surface area (Å²) in [4.78, 5) is 17.1. The van der Waals surface area contributed by atoms with Crippen molar-refractivity contribution in [3.8, 4) is 0 Å². The highest BCUT2D eigenvalue weighted by Crippen LogP contribution is 2.25. The van der Waals surface area contributed by atoms with Gasteiger partial charge in [-0.2, -0.15) is 0 Å². The molecule has 0 saturated heterocycles. The van der Waals surface area contributed by atoms with Gasteiger partial charge in [0.25, 0.3) is 0 Å². The Bertz CT molecular complexity index is 587. The maximum absolute atomic E-state index is 11.1. The van der Waals surface area contributed by atoms with Crippen LogP contribution in [-0.4, -0.2) is 22.6 Å². The van der Waals surface area contributed by atoms with E-state index in [1.54, 1.807) is 12.1 Å². The van der Waals surface area contributed by atoms with Gasteiger partial charge in [0.05, 0.1) is 5.02 Å². The molecule has 98 valence electrons. The number of carbonyl (C=O) groups is 1. The fourth-order valence-electron chi connectivity index (χ4n) is 1.82. The smallest absolute Gasteiger partial charge is 0.356 e. The number of anilines is 2. The van der Waals surface area contributed by atoms with E-state index in [4.69, 9.17) is 16.7 Å². The maximum Gasteiger partial charge on any atom is 0.356 e. The lowest BCUT2D eigenvalue weighted by molar-refractivity contribution is 0.0691. The predicted molar refractivity (Wildman–Crippen MR) is 75.3 cm³/mol. The third-order valence-electron chi connectivity index (χ3n) is 2.69. The molecule has 0 amide bonds. The Morgan fingerprint density at radius 2 is 1.95 bits per heavy atom. The number of para-hydroxylation sites is 1. The average molecular weight is 277 g/mol. The number of nitrogens with zero attached hydrogens (tertiary/aromatic N) is 2. The first-order chi connectivity index (χ1) is 9.13. The Morgan fingerprint density at radius 1 is 1.26 bits per heavy atom. The molecule has 0 saturated carbocycles. The van der Waals surface area contributed by atoms with Crippen LogP contribution in [0.5, 0.6) is 0 Å². The summed E-state index contributed by atoms with van der Waals surface area (Å²) in [6, 6.07) is 12.9. The van der Waals surface area contributed by atoms with Gasteiger partial charge in [0, 0.05) is 12.2 Å². The molecule has 0 spiro atoms. The van der Waals surface area contributed by atoms with Crippen LogP contribution in [0.2, 0.25) is 5.02 Å². The molecule has 1 heterocycles. The van der Waals surface area contributed by atoms with Crippen LogP contribution in [0, 0.1) is 0 Å². The van der Waals surface area contributed by atoms with Crippen LogP contribution in [0.1, 0.15) is 17.4 Å². The lowest BCUT2D eigenvalue weighted by Gasteiger charge is -2.22. The van der Waals surface area contributed by atoms with Crippen molar-refractivity contribution in [2.75, 3.05) is 11.4 Å². The van der Waals surface area contributed by atoms with Gasteiger partial charge in [-0.1, -0.05) is 29.8 Å². The van der Waals surface area contributed by atoms with Crippen LogP contribution < -0.4 is 4.90 Å². The van der Waals surface area contributed by atoms with Crippen molar-refractivity contribution in [3.63, 3.8) is 0 Å². The molecule has 0 aliphatic rings. The highest BCUT2D eigenvalue weighted by molar-refractivity contribution is 6.33. The Hall–Kier alpha value is -2.07. The van der Waals surface area contributed by atoms with E-state index in [1.165, 1.54) is 0 Å². The summed E-state index contributed by atoms with van der Waals surface area (Å²) in [5, 5.41) is 9.19. The topological polar surface area (TPSA) is 53.4 Å². The summed E-state index contributed by atoms with van der Waals surface area (Å²) in [7, 11) is 0. The van der Waals surface area contributed by atoms with Gasteiger partial charge in [0.2, 0.25) is 0 Å². The summed E-state index contributed by atoms with van der Waals surface area (Å²) in [5.74, 6) is -0.563. The number of carboxylic acid groups (broad SMARTS) is 1. The van der Waals surface area contributed by atoms with Crippen molar-refractivity contribution in [1.82, 2.24) is 4.98 Å². The molecule has 1 aromatic carbocycles. The third kappa shape index (κ3) is 2.85. The summed E-state index contributed by atoms with van der Waals surface area (Å²) in [6.07, 6.45) is 0. The van der Waals surface area contributed by atoms with Crippen LogP contribution >= 0.6 is 11.6 Å². The lowest BCUT2D eigenvalue weighted by atomic mass is 10.2. The Labute approximate surface area is 116 Å². The summed E-state index contributed by atoms with van der Waals surface area (Å²) < 4.78 is 0. The van der Waals surface area contributed by atoms with E-state index in [0.717, 1.165) is 5.69 Å². The van der Waals surface area contributed by atoms with E-state index in [0.29, 0.717) is 12.4 Å². The van der Waals surface area contributed by atoms with Crippen LogP contribution in [-0.2, 0) is 0 Å². The molecule has 0 atom stereocenters. The average Bonchev–Trinajstić information content (AvgIpc) is 2.42. The number of aromatic nitrogens is 1. The first kappa shape index (κ1) is 13.4. The van der Waals surface area contributed by atoms with Gasteiger partial charge in [-0.3, -0.25) is 0 Å². The zero-order chi connectivity index (χ0) is 13.8. The molecule has 0 radical (unpaired) electrons. The molecule has 2 rings (SSSR count). The molecule has 1 N–H and O–H groups in total. The Morgan fingerprint density at radius 3 is 2.53 bits per heavy atom. The van der Waals surface area contributed by atoms with Crippen molar-refractivity contribution in [1.29, 1.82) is 0 Å². The molecule has 0 fully saturated rings. The monoisotopic (exact) mass is 276 g/mol. The lowest BCUT2D eigenvalue weighted by Crippen LogP contribution is -2.18. The SMILES string of the molecule is CCN(c1ccccc1)c1ccc(Cl)c(C(=O)O)n1. The molecule has 19 heavy (non-hydrogen) atoms. The van der Waals surface area contributed by atoms with Crippen LogP contribution in [0.15, 0.2) is 42.5 Å². The van der Waals surface area contributed by atoms with Gasteiger partial charge in [0.15, 0.2) is 5.69 Å². The maximum atomic E-state index is 11.1. The number of rotatable bonds is 4. The molecule has 2 aromatic rings. The third-order valence-corrected chi connectivity index (χ3v) is 3.00. The van der Waals surface area contributed by atoms with Gasteiger partial charge < -0.3 is 10.0 Å². The van der Waals surface area contributed by atoms with Gasteiger partial charge in [0.1, 0.15) is 5.82 Å². The van der Waals surface area contributed by atoms with Crippen LogP contribution in [0.25, 0.3) is 0 Å². The number of carboxylic acids is 1. The minimum Gasteiger partial charge on any atom is -0.476 e. The number of benzene rings is 1. The molecule has 5 heteroatoms. The van der Waals surface area contributed by atoms with Gasteiger partial charge in [-0.15, -0.1) is 0 Å². The van der Waals surface area contributed by atoms with Gasteiger partial charge >= 0.3 is 5.97 Å². The van der Waals surface area contributed by atoms with Crippen molar-refractivity contribution in [2.45, 2.75) is 6.92 Å². The summed E-state index contributed by atoms with van der Waals surface area (Å²) in [6.45, 7) is 2.65. The quantitative estimate of drug-likeness (QED) is 0.927. The molecule has 0 aliphatic carbocycles. The largest absolute Gasteiger partial charge is 0.476 e. The van der Waals surface area contributed by atoms with Gasteiger partial charge in [-0.25, -0.2) is 9.78 Å². The predicted octanol–water partition coefficient (Wildman–Crippen LogP) is 3.59. The first-order valence-electron chi connectivity index (χ1n) is 5.86. The zero-order valence-electron chi connectivity index (χ0n) is 10.4. The number of hydrogen-bond donors (Lipinski definition) is 1. The van der Waals surface area contributed by atoms with E-state index in [1.807, 2.05) is 42.2 Å². The van der Waals surface area contributed by atoms with Crippen LogP contribution in [0.3, 0.4) is 0 Å². The standard InChI is InChI=1S/C14H13ClN2O2/c1-2-17(10-6-4-3-5-7-10)12-9-8-11(15)13(16-12)14(18)19/h3-9H,2H2,1H3,(H,18,19). The van der Waals surface area contributed by atoms with Crippen molar-refractivity contribution in [2.24, 2.45) is 0 Å². The zero-order valence-corrected chi connectivity index (χ0v) is 11.1. The second-order valence-electron chi connectivity index (χ2n) is 3.88. The number of aromatic carboxylic acids is 1. The molecule has 1 aromatic heterocycles. The number of halogens is 1. The van der Waals surface area contributed by atoms with Crippen LogP contribution in [0.4, 0.5) is 11.5 Å². The molecule has 4 nitrogen and oxygen atoms in total. The summed E-state index contributed by atoms with van der Waals surface area (Å²) in [5.41, 5.74) is 0.824. The molecule has 0 aliphatic heterocycles. The Balaban J connectivity index is 2.45. The van der Waals surface area contributed by atoms with Crippen molar-refractivity contribution >= 4 is 29.1 Å².